The second-order valence-electron chi connectivity index (χ2n) is 4.17. The van der Waals surface area contributed by atoms with E-state index in [0.717, 1.165) is 17.2 Å². The molecular weight excluding hydrogens is 310 g/mol. The van der Waals surface area contributed by atoms with Crippen LogP contribution in [0.1, 0.15) is 0 Å². The van der Waals surface area contributed by atoms with E-state index in [4.69, 9.17) is 5.73 Å². The van der Waals surface area contributed by atoms with E-state index in [-0.39, 0.29) is 11.7 Å². The van der Waals surface area contributed by atoms with Gasteiger partial charge < -0.3 is 11.1 Å². The molecule has 0 aliphatic heterocycles. The van der Waals surface area contributed by atoms with E-state index in [0.29, 0.717) is 22.3 Å². The number of fused-ring (bicyclic) bond motifs is 1. The summed E-state index contributed by atoms with van der Waals surface area (Å²) >= 11 is 2.38. The number of hydrogen-bond acceptors (Lipinski definition) is 8. The summed E-state index contributed by atoms with van der Waals surface area (Å²) in [6.45, 7) is 0. The molecule has 2 aromatic heterocycles. The fraction of sp³-hybridized carbons (Fsp3) is 0.182. The van der Waals surface area contributed by atoms with Crippen LogP contribution in [0.3, 0.4) is 0 Å². The van der Waals surface area contributed by atoms with Crippen LogP contribution >= 0.6 is 23.5 Å². The Hall–Kier alpha value is -2.20. The number of benzene rings is 1. The number of rotatable bonds is 4. The van der Waals surface area contributed by atoms with Gasteiger partial charge in [0.05, 0.1) is 23.2 Å². The first-order chi connectivity index (χ1) is 10.1. The van der Waals surface area contributed by atoms with Gasteiger partial charge >= 0.3 is 0 Å². The summed E-state index contributed by atoms with van der Waals surface area (Å²) in [5.74, 6) is 0.373. The number of amides is 1. The Kier molecular flexibility index (Phi) is 3.71. The highest BCUT2D eigenvalue weighted by molar-refractivity contribution is 7.99. The van der Waals surface area contributed by atoms with Crippen molar-refractivity contribution in [2.45, 2.75) is 5.16 Å². The molecule has 0 spiro atoms. The summed E-state index contributed by atoms with van der Waals surface area (Å²) in [7, 11) is 1.75. The Morgan fingerprint density at radius 3 is 3.05 bits per heavy atom. The maximum atomic E-state index is 12.0. The van der Waals surface area contributed by atoms with Crippen molar-refractivity contribution >= 4 is 52.1 Å². The molecule has 0 saturated carbocycles. The summed E-state index contributed by atoms with van der Waals surface area (Å²) in [5.41, 5.74) is 7.71. The van der Waals surface area contributed by atoms with Crippen LogP contribution in [-0.4, -0.2) is 35.2 Å². The molecule has 0 saturated heterocycles. The van der Waals surface area contributed by atoms with Crippen molar-refractivity contribution in [2.24, 2.45) is 7.05 Å². The quantitative estimate of drug-likeness (QED) is 0.693. The Labute approximate surface area is 128 Å². The van der Waals surface area contributed by atoms with E-state index in [1.807, 2.05) is 12.1 Å². The predicted octanol–water partition coefficient (Wildman–Crippen LogP) is 1.13. The van der Waals surface area contributed by atoms with Gasteiger partial charge in [0.2, 0.25) is 11.9 Å². The molecule has 1 amide bonds. The van der Waals surface area contributed by atoms with Crippen molar-refractivity contribution in [1.29, 1.82) is 0 Å². The first-order valence-electron chi connectivity index (χ1n) is 5.94. The van der Waals surface area contributed by atoms with Gasteiger partial charge in [0.15, 0.2) is 5.16 Å². The average molecular weight is 321 g/mol. The zero-order valence-corrected chi connectivity index (χ0v) is 12.6. The first kappa shape index (κ1) is 13.8. The number of hydrogen-bond donors (Lipinski definition) is 2. The monoisotopic (exact) mass is 321 g/mol. The van der Waals surface area contributed by atoms with Gasteiger partial charge in [0, 0.05) is 7.05 Å². The van der Waals surface area contributed by atoms with Gasteiger partial charge in [-0.2, -0.15) is 8.75 Å². The van der Waals surface area contributed by atoms with Crippen LogP contribution in [-0.2, 0) is 11.8 Å². The van der Waals surface area contributed by atoms with E-state index < -0.39 is 0 Å². The molecule has 10 heteroatoms. The number of carbonyl (C=O) groups excluding carboxylic acids is 1. The molecule has 0 fully saturated rings. The standard InChI is InChI=1S/C11H11N7OS2/c1-18-10(12)14-15-11(18)20-5-8(19)13-6-3-2-4-7-9(6)17-21-16-7/h2-4H,5H2,1H3,(H2,12,14)(H,13,19). The molecule has 0 unspecified atom stereocenters. The molecule has 2 heterocycles. The summed E-state index contributed by atoms with van der Waals surface area (Å²) < 4.78 is 9.93. The van der Waals surface area contributed by atoms with Crippen molar-refractivity contribution < 1.29 is 4.79 Å². The van der Waals surface area contributed by atoms with Gasteiger partial charge in [-0.3, -0.25) is 9.36 Å². The third kappa shape index (κ3) is 2.81. The van der Waals surface area contributed by atoms with Gasteiger partial charge in [0.25, 0.3) is 0 Å². The fourth-order valence-corrected chi connectivity index (χ4v) is 2.94. The minimum Gasteiger partial charge on any atom is -0.368 e. The molecule has 1 aromatic carbocycles. The van der Waals surface area contributed by atoms with E-state index in [9.17, 15) is 4.79 Å². The minimum absolute atomic E-state index is 0.151. The van der Waals surface area contributed by atoms with E-state index in [1.165, 1.54) is 11.8 Å². The summed E-state index contributed by atoms with van der Waals surface area (Å²) in [6.07, 6.45) is 0. The lowest BCUT2D eigenvalue weighted by atomic mass is 10.2. The lowest BCUT2D eigenvalue weighted by Crippen LogP contribution is -2.14. The van der Waals surface area contributed by atoms with Crippen LogP contribution in [0.2, 0.25) is 0 Å². The second kappa shape index (κ2) is 5.66. The van der Waals surface area contributed by atoms with Crippen molar-refractivity contribution in [2.75, 3.05) is 16.8 Å². The topological polar surface area (TPSA) is 112 Å². The van der Waals surface area contributed by atoms with Crippen LogP contribution in [0.5, 0.6) is 0 Å². The predicted molar refractivity (Wildman–Crippen MR) is 82.2 cm³/mol. The SMILES string of the molecule is Cn1c(N)nnc1SCC(=O)Nc1cccc2nsnc12. The Morgan fingerprint density at radius 2 is 2.29 bits per heavy atom. The Morgan fingerprint density at radius 1 is 1.43 bits per heavy atom. The van der Waals surface area contributed by atoms with Gasteiger partial charge in [-0.25, -0.2) is 0 Å². The molecule has 0 bridgehead atoms. The van der Waals surface area contributed by atoms with Crippen LogP contribution < -0.4 is 11.1 Å². The Balaban J connectivity index is 1.67. The molecular formula is C11H11N7OS2. The largest absolute Gasteiger partial charge is 0.368 e. The van der Waals surface area contributed by atoms with Crippen LogP contribution in [0.15, 0.2) is 23.4 Å². The maximum absolute atomic E-state index is 12.0. The molecule has 108 valence electrons. The molecule has 21 heavy (non-hydrogen) atoms. The highest BCUT2D eigenvalue weighted by atomic mass is 32.2. The molecule has 0 atom stereocenters. The highest BCUT2D eigenvalue weighted by Crippen LogP contribution is 2.22. The van der Waals surface area contributed by atoms with E-state index >= 15 is 0 Å². The number of carbonyl (C=O) groups is 1. The molecule has 3 N–H and O–H groups in total. The number of aromatic nitrogens is 5. The zero-order valence-electron chi connectivity index (χ0n) is 11.0. The van der Waals surface area contributed by atoms with Crippen LogP contribution in [0, 0.1) is 0 Å². The molecule has 3 rings (SSSR count). The van der Waals surface area contributed by atoms with Crippen LogP contribution in [0.4, 0.5) is 11.6 Å². The third-order valence-corrected chi connectivity index (χ3v) is 4.32. The molecule has 0 aliphatic rings. The Bertz CT molecular complexity index is 797. The summed E-state index contributed by atoms with van der Waals surface area (Å²) in [6, 6.07) is 5.48. The molecule has 0 aliphatic carbocycles. The number of nitrogens with one attached hydrogen (secondary N) is 1. The smallest absolute Gasteiger partial charge is 0.234 e. The number of thioether (sulfide) groups is 1. The number of nitrogens with two attached hydrogens (primary N) is 1. The normalized spacial score (nSPS) is 10.9. The lowest BCUT2D eigenvalue weighted by molar-refractivity contribution is -0.113. The van der Waals surface area contributed by atoms with Crippen LogP contribution in [0.25, 0.3) is 11.0 Å². The maximum Gasteiger partial charge on any atom is 0.234 e. The molecule has 3 aromatic rings. The lowest BCUT2D eigenvalue weighted by Gasteiger charge is -2.05. The van der Waals surface area contributed by atoms with E-state index in [1.54, 1.807) is 17.7 Å². The van der Waals surface area contributed by atoms with Gasteiger partial charge in [-0.15, -0.1) is 10.2 Å². The third-order valence-electron chi connectivity index (χ3n) is 2.76. The van der Waals surface area contributed by atoms with Gasteiger partial charge in [-0.1, -0.05) is 17.8 Å². The van der Waals surface area contributed by atoms with Gasteiger partial charge in [-0.05, 0) is 12.1 Å². The highest BCUT2D eigenvalue weighted by Gasteiger charge is 2.11. The summed E-state index contributed by atoms with van der Waals surface area (Å²) in [4.78, 5) is 12.0. The van der Waals surface area contributed by atoms with E-state index in [2.05, 4.69) is 24.3 Å². The van der Waals surface area contributed by atoms with Crippen molar-refractivity contribution in [3.8, 4) is 0 Å². The zero-order chi connectivity index (χ0) is 14.8. The van der Waals surface area contributed by atoms with Crippen molar-refractivity contribution in [3.63, 3.8) is 0 Å². The van der Waals surface area contributed by atoms with Crippen molar-refractivity contribution in [3.05, 3.63) is 18.2 Å². The minimum atomic E-state index is -0.151. The first-order valence-corrected chi connectivity index (χ1v) is 7.65. The molecule has 8 nitrogen and oxygen atoms in total. The fourth-order valence-electron chi connectivity index (χ4n) is 1.68. The van der Waals surface area contributed by atoms with Crippen molar-refractivity contribution in [1.82, 2.24) is 23.5 Å². The molecule has 0 radical (unpaired) electrons. The summed E-state index contributed by atoms with van der Waals surface area (Å²) in [5, 5.41) is 11.0. The number of nitrogens with zero attached hydrogens (tertiary/aromatic N) is 5. The number of anilines is 2. The average Bonchev–Trinajstić information content (AvgIpc) is 3.06. The second-order valence-corrected chi connectivity index (χ2v) is 5.65. The number of nitrogen functional groups attached to an aromatic ring is 1. The van der Waals surface area contributed by atoms with Gasteiger partial charge in [0.1, 0.15) is 11.0 Å².